The van der Waals surface area contributed by atoms with Crippen LogP contribution in [0.3, 0.4) is 0 Å². The minimum atomic E-state index is -0.0475. The third-order valence-corrected chi connectivity index (χ3v) is 3.12. The standard InChI is InChI=1S/C12H21N5O2/c1-4-19-11-15-9(13-3)14-10(16-11)17-12(2)5-7-18-8-6-12/h4-8H2,1-3H3,(H2,13,14,15,16,17). The van der Waals surface area contributed by atoms with Gasteiger partial charge in [0.05, 0.1) is 6.61 Å². The van der Waals surface area contributed by atoms with Crippen LogP contribution in [0.5, 0.6) is 6.01 Å². The molecule has 1 aromatic heterocycles. The van der Waals surface area contributed by atoms with Gasteiger partial charge in [-0.25, -0.2) is 0 Å². The minimum absolute atomic E-state index is 0.0475. The molecule has 0 unspecified atom stereocenters. The molecule has 2 heterocycles. The molecule has 0 aromatic carbocycles. The molecule has 7 nitrogen and oxygen atoms in total. The molecule has 7 heteroatoms. The van der Waals surface area contributed by atoms with Crippen molar-refractivity contribution in [2.75, 3.05) is 37.5 Å². The van der Waals surface area contributed by atoms with Crippen LogP contribution in [0.2, 0.25) is 0 Å². The number of anilines is 2. The molecule has 19 heavy (non-hydrogen) atoms. The molecule has 0 amide bonds. The maximum atomic E-state index is 5.38. The summed E-state index contributed by atoms with van der Waals surface area (Å²) in [4.78, 5) is 12.7. The Kier molecular flexibility index (Phi) is 4.36. The number of nitrogens with one attached hydrogen (secondary N) is 2. The van der Waals surface area contributed by atoms with Crippen LogP contribution in [0, 0.1) is 0 Å². The Bertz CT molecular complexity index is 421. The SMILES string of the molecule is CCOc1nc(NC)nc(NC2(C)CCOCC2)n1. The molecule has 0 saturated carbocycles. The summed E-state index contributed by atoms with van der Waals surface area (Å²) in [6.45, 7) is 6.09. The van der Waals surface area contributed by atoms with Crippen molar-refractivity contribution < 1.29 is 9.47 Å². The van der Waals surface area contributed by atoms with E-state index < -0.39 is 0 Å². The topological polar surface area (TPSA) is 81.2 Å². The van der Waals surface area contributed by atoms with Gasteiger partial charge >= 0.3 is 6.01 Å². The van der Waals surface area contributed by atoms with E-state index in [2.05, 4.69) is 32.5 Å². The monoisotopic (exact) mass is 267 g/mol. The maximum absolute atomic E-state index is 5.38. The van der Waals surface area contributed by atoms with E-state index in [9.17, 15) is 0 Å². The van der Waals surface area contributed by atoms with Gasteiger partial charge in [-0.05, 0) is 26.7 Å². The Morgan fingerprint density at radius 3 is 2.53 bits per heavy atom. The zero-order chi connectivity index (χ0) is 13.7. The third-order valence-electron chi connectivity index (χ3n) is 3.12. The summed E-state index contributed by atoms with van der Waals surface area (Å²) in [7, 11) is 1.77. The van der Waals surface area contributed by atoms with Gasteiger partial charge in [0.25, 0.3) is 0 Å². The Hall–Kier alpha value is -1.63. The van der Waals surface area contributed by atoms with Crippen molar-refractivity contribution in [1.29, 1.82) is 0 Å². The second-order valence-electron chi connectivity index (χ2n) is 4.75. The molecular formula is C12H21N5O2. The van der Waals surface area contributed by atoms with Crippen molar-refractivity contribution in [2.45, 2.75) is 32.2 Å². The van der Waals surface area contributed by atoms with E-state index >= 15 is 0 Å². The van der Waals surface area contributed by atoms with Gasteiger partial charge in [0, 0.05) is 25.8 Å². The highest BCUT2D eigenvalue weighted by Crippen LogP contribution is 2.24. The molecule has 2 rings (SSSR count). The first-order valence-electron chi connectivity index (χ1n) is 6.58. The summed E-state index contributed by atoms with van der Waals surface area (Å²) < 4.78 is 10.7. The lowest BCUT2D eigenvalue weighted by molar-refractivity contribution is 0.0655. The fourth-order valence-corrected chi connectivity index (χ4v) is 1.93. The number of hydrogen-bond donors (Lipinski definition) is 2. The fraction of sp³-hybridized carbons (Fsp3) is 0.750. The quantitative estimate of drug-likeness (QED) is 0.832. The largest absolute Gasteiger partial charge is 0.464 e. The van der Waals surface area contributed by atoms with Crippen molar-refractivity contribution in [2.24, 2.45) is 0 Å². The summed E-state index contributed by atoms with van der Waals surface area (Å²) in [5.74, 6) is 1.03. The number of ether oxygens (including phenoxy) is 2. The number of nitrogens with zero attached hydrogens (tertiary/aromatic N) is 3. The average Bonchev–Trinajstić information content (AvgIpc) is 2.39. The molecule has 0 radical (unpaired) electrons. The molecule has 1 saturated heterocycles. The van der Waals surface area contributed by atoms with Crippen LogP contribution >= 0.6 is 0 Å². The summed E-state index contributed by atoms with van der Waals surface area (Å²) in [6, 6.07) is 0.333. The first kappa shape index (κ1) is 13.8. The summed E-state index contributed by atoms with van der Waals surface area (Å²) in [5.41, 5.74) is -0.0475. The van der Waals surface area contributed by atoms with Crippen LogP contribution in [0.25, 0.3) is 0 Å². The first-order chi connectivity index (χ1) is 9.15. The molecule has 106 valence electrons. The Morgan fingerprint density at radius 2 is 1.89 bits per heavy atom. The molecule has 0 atom stereocenters. The number of hydrogen-bond acceptors (Lipinski definition) is 7. The zero-order valence-corrected chi connectivity index (χ0v) is 11.7. The van der Waals surface area contributed by atoms with E-state index in [1.807, 2.05) is 6.92 Å². The molecule has 1 aromatic rings. The van der Waals surface area contributed by atoms with E-state index in [0.717, 1.165) is 26.1 Å². The van der Waals surface area contributed by atoms with Gasteiger partial charge in [-0.1, -0.05) is 0 Å². The Morgan fingerprint density at radius 1 is 1.21 bits per heavy atom. The zero-order valence-electron chi connectivity index (χ0n) is 11.7. The molecule has 2 N–H and O–H groups in total. The first-order valence-corrected chi connectivity index (χ1v) is 6.58. The van der Waals surface area contributed by atoms with Crippen LogP contribution in [0.1, 0.15) is 26.7 Å². The number of aromatic nitrogens is 3. The van der Waals surface area contributed by atoms with Gasteiger partial charge in [0.15, 0.2) is 0 Å². The van der Waals surface area contributed by atoms with Gasteiger partial charge in [0.2, 0.25) is 11.9 Å². The van der Waals surface area contributed by atoms with Crippen molar-refractivity contribution in [3.8, 4) is 6.01 Å². The van der Waals surface area contributed by atoms with Crippen molar-refractivity contribution in [3.05, 3.63) is 0 Å². The van der Waals surface area contributed by atoms with Crippen LogP contribution in [0.15, 0.2) is 0 Å². The predicted molar refractivity (Wildman–Crippen MR) is 72.6 cm³/mol. The van der Waals surface area contributed by atoms with Crippen LogP contribution < -0.4 is 15.4 Å². The highest BCUT2D eigenvalue weighted by Gasteiger charge is 2.28. The van der Waals surface area contributed by atoms with Gasteiger partial charge in [-0.3, -0.25) is 0 Å². The fourth-order valence-electron chi connectivity index (χ4n) is 1.93. The molecule has 1 fully saturated rings. The summed E-state index contributed by atoms with van der Waals surface area (Å²) >= 11 is 0. The highest BCUT2D eigenvalue weighted by atomic mass is 16.5. The minimum Gasteiger partial charge on any atom is -0.464 e. The number of rotatable bonds is 5. The molecule has 1 aliphatic rings. The van der Waals surface area contributed by atoms with Gasteiger partial charge in [0.1, 0.15) is 0 Å². The van der Waals surface area contributed by atoms with Crippen LogP contribution in [-0.2, 0) is 4.74 Å². The molecule has 0 spiro atoms. The average molecular weight is 267 g/mol. The van der Waals surface area contributed by atoms with E-state index in [1.54, 1.807) is 7.05 Å². The van der Waals surface area contributed by atoms with E-state index in [1.165, 1.54) is 0 Å². The highest BCUT2D eigenvalue weighted by molar-refractivity contribution is 5.37. The Labute approximate surface area is 113 Å². The summed E-state index contributed by atoms with van der Waals surface area (Å²) in [6.07, 6.45) is 1.86. The van der Waals surface area contributed by atoms with Crippen molar-refractivity contribution >= 4 is 11.9 Å². The van der Waals surface area contributed by atoms with Crippen LogP contribution in [-0.4, -0.2) is 47.4 Å². The van der Waals surface area contributed by atoms with E-state index in [4.69, 9.17) is 9.47 Å². The van der Waals surface area contributed by atoms with Gasteiger partial charge in [-0.15, -0.1) is 0 Å². The smallest absolute Gasteiger partial charge is 0.323 e. The van der Waals surface area contributed by atoms with Crippen LogP contribution in [0.4, 0.5) is 11.9 Å². The second kappa shape index (κ2) is 6.01. The van der Waals surface area contributed by atoms with Crippen molar-refractivity contribution in [1.82, 2.24) is 15.0 Å². The van der Waals surface area contributed by atoms with Crippen molar-refractivity contribution in [3.63, 3.8) is 0 Å². The third kappa shape index (κ3) is 3.66. The lowest BCUT2D eigenvalue weighted by Gasteiger charge is -2.34. The Balaban J connectivity index is 2.16. The lowest BCUT2D eigenvalue weighted by atomic mass is 9.93. The van der Waals surface area contributed by atoms with E-state index in [-0.39, 0.29) is 5.54 Å². The normalized spacial score (nSPS) is 17.8. The van der Waals surface area contributed by atoms with Gasteiger partial charge in [-0.2, -0.15) is 15.0 Å². The van der Waals surface area contributed by atoms with Gasteiger partial charge < -0.3 is 20.1 Å². The molecule has 0 bridgehead atoms. The molecular weight excluding hydrogens is 246 g/mol. The lowest BCUT2D eigenvalue weighted by Crippen LogP contribution is -2.41. The predicted octanol–water partition coefficient (Wildman–Crippen LogP) is 1.29. The molecule has 0 aliphatic carbocycles. The summed E-state index contributed by atoms with van der Waals surface area (Å²) in [5, 5.41) is 6.28. The maximum Gasteiger partial charge on any atom is 0.323 e. The van der Waals surface area contributed by atoms with E-state index in [0.29, 0.717) is 24.5 Å². The molecule has 1 aliphatic heterocycles. The second-order valence-corrected chi connectivity index (χ2v) is 4.75.